The molecule has 0 saturated carbocycles. The zero-order valence-electron chi connectivity index (χ0n) is 16.2. The molecule has 0 amide bonds. The molecule has 0 aliphatic heterocycles. The van der Waals surface area contributed by atoms with Gasteiger partial charge in [-0.3, -0.25) is 0 Å². The van der Waals surface area contributed by atoms with Gasteiger partial charge in [-0.25, -0.2) is 4.98 Å². The number of pyridine rings is 1. The molecule has 1 heterocycles. The lowest BCUT2D eigenvalue weighted by Crippen LogP contribution is -1.93. The maximum atomic E-state index is 9.62. The third kappa shape index (κ3) is 4.12. The third-order valence-corrected chi connectivity index (χ3v) is 4.89. The number of benzene rings is 3. The lowest BCUT2D eigenvalue weighted by molar-refractivity contribution is 0.415. The highest BCUT2D eigenvalue weighted by molar-refractivity contribution is 6.31. The number of hydrogen-bond donors (Lipinski definition) is 0. The highest BCUT2D eigenvalue weighted by Gasteiger charge is 2.14. The summed E-state index contributed by atoms with van der Waals surface area (Å²) in [6, 6.07) is 28.7. The number of nitrogens with zero attached hydrogens (tertiary/aromatic N) is 2. The molecular formula is C25H17ClN2O2. The minimum absolute atomic E-state index is 0.172. The van der Waals surface area contributed by atoms with Crippen LogP contribution in [0, 0.1) is 11.3 Å². The second-order valence-electron chi connectivity index (χ2n) is 6.50. The van der Waals surface area contributed by atoms with Crippen molar-refractivity contribution in [3.05, 3.63) is 95.6 Å². The van der Waals surface area contributed by atoms with Crippen molar-refractivity contribution in [3.8, 4) is 45.7 Å². The molecule has 0 spiro atoms. The number of hydrogen-bond acceptors (Lipinski definition) is 4. The van der Waals surface area contributed by atoms with Crippen LogP contribution in [0.3, 0.4) is 0 Å². The van der Waals surface area contributed by atoms with Crippen molar-refractivity contribution in [2.24, 2.45) is 0 Å². The molecular weight excluding hydrogens is 396 g/mol. The van der Waals surface area contributed by atoms with E-state index in [2.05, 4.69) is 11.1 Å². The van der Waals surface area contributed by atoms with Gasteiger partial charge in [-0.2, -0.15) is 5.26 Å². The summed E-state index contributed by atoms with van der Waals surface area (Å²) >= 11 is 6.35. The Kier molecular flexibility index (Phi) is 5.65. The van der Waals surface area contributed by atoms with Gasteiger partial charge in [0.2, 0.25) is 0 Å². The summed E-state index contributed by atoms with van der Waals surface area (Å²) in [5, 5.41) is 9.80. The molecule has 0 aliphatic carbocycles. The highest BCUT2D eigenvalue weighted by atomic mass is 35.5. The number of nitriles is 1. The van der Waals surface area contributed by atoms with Crippen molar-refractivity contribution in [2.45, 2.75) is 0 Å². The zero-order valence-corrected chi connectivity index (χ0v) is 16.9. The average Bonchev–Trinajstić information content (AvgIpc) is 2.80. The lowest BCUT2D eigenvalue weighted by atomic mass is 9.99. The predicted octanol–water partition coefficient (Wildman–Crippen LogP) is 6.74. The SMILES string of the molecule is COc1ccc(-c2cc(-c3ccc(Oc4ccccc4)cc3)c(C#N)c(Cl)n2)cc1. The Hall–Kier alpha value is -3.81. The van der Waals surface area contributed by atoms with Crippen LogP contribution in [0.15, 0.2) is 84.9 Å². The number of ether oxygens (including phenoxy) is 2. The molecule has 4 aromatic rings. The van der Waals surface area contributed by atoms with E-state index in [1.807, 2.05) is 84.9 Å². The molecule has 0 bridgehead atoms. The Balaban J connectivity index is 1.70. The van der Waals surface area contributed by atoms with E-state index in [-0.39, 0.29) is 5.15 Å². The Morgan fingerprint density at radius 1 is 0.800 bits per heavy atom. The van der Waals surface area contributed by atoms with Gasteiger partial charge in [-0.15, -0.1) is 0 Å². The van der Waals surface area contributed by atoms with Gasteiger partial charge < -0.3 is 9.47 Å². The third-order valence-electron chi connectivity index (χ3n) is 4.62. The fourth-order valence-electron chi connectivity index (χ4n) is 3.08. The fourth-order valence-corrected chi connectivity index (χ4v) is 3.32. The van der Waals surface area contributed by atoms with Gasteiger partial charge in [-0.1, -0.05) is 41.9 Å². The highest BCUT2D eigenvalue weighted by Crippen LogP contribution is 2.34. The van der Waals surface area contributed by atoms with Crippen LogP contribution in [0.2, 0.25) is 5.15 Å². The van der Waals surface area contributed by atoms with Gasteiger partial charge in [-0.05, 0) is 60.2 Å². The molecule has 0 N–H and O–H groups in total. The molecule has 4 rings (SSSR count). The molecule has 3 aromatic carbocycles. The Morgan fingerprint density at radius 3 is 2.03 bits per heavy atom. The summed E-state index contributed by atoms with van der Waals surface area (Å²) in [7, 11) is 1.62. The average molecular weight is 413 g/mol. The minimum atomic E-state index is 0.172. The van der Waals surface area contributed by atoms with Crippen LogP contribution in [-0.2, 0) is 0 Å². The normalized spacial score (nSPS) is 10.3. The maximum Gasteiger partial charge on any atom is 0.148 e. The molecule has 30 heavy (non-hydrogen) atoms. The van der Waals surface area contributed by atoms with Crippen molar-refractivity contribution in [2.75, 3.05) is 7.11 Å². The van der Waals surface area contributed by atoms with Crippen molar-refractivity contribution in [1.82, 2.24) is 4.98 Å². The second kappa shape index (κ2) is 8.69. The Bertz CT molecular complexity index is 1200. The minimum Gasteiger partial charge on any atom is -0.497 e. The topological polar surface area (TPSA) is 55.1 Å². The van der Waals surface area contributed by atoms with E-state index < -0.39 is 0 Å². The number of aromatic nitrogens is 1. The molecule has 4 nitrogen and oxygen atoms in total. The first-order valence-corrected chi connectivity index (χ1v) is 9.64. The number of para-hydroxylation sites is 1. The van der Waals surface area contributed by atoms with Gasteiger partial charge in [0.1, 0.15) is 28.5 Å². The molecule has 5 heteroatoms. The summed E-state index contributed by atoms with van der Waals surface area (Å²) in [6.07, 6.45) is 0. The van der Waals surface area contributed by atoms with E-state index in [1.54, 1.807) is 7.11 Å². The van der Waals surface area contributed by atoms with Crippen LogP contribution >= 0.6 is 11.6 Å². The Morgan fingerprint density at radius 2 is 1.40 bits per heavy atom. The van der Waals surface area contributed by atoms with E-state index >= 15 is 0 Å². The Labute approximate surface area is 179 Å². The van der Waals surface area contributed by atoms with Crippen molar-refractivity contribution in [3.63, 3.8) is 0 Å². The van der Waals surface area contributed by atoms with Crippen molar-refractivity contribution >= 4 is 11.6 Å². The molecule has 0 aliphatic rings. The molecule has 146 valence electrons. The smallest absolute Gasteiger partial charge is 0.148 e. The summed E-state index contributed by atoms with van der Waals surface area (Å²) in [4.78, 5) is 4.41. The van der Waals surface area contributed by atoms with Gasteiger partial charge >= 0.3 is 0 Å². The molecule has 0 fully saturated rings. The largest absolute Gasteiger partial charge is 0.497 e. The first-order valence-electron chi connectivity index (χ1n) is 9.26. The van der Waals surface area contributed by atoms with Crippen molar-refractivity contribution in [1.29, 1.82) is 5.26 Å². The van der Waals surface area contributed by atoms with Crippen LogP contribution in [0.5, 0.6) is 17.2 Å². The first-order chi connectivity index (χ1) is 14.7. The second-order valence-corrected chi connectivity index (χ2v) is 6.86. The van der Waals surface area contributed by atoms with E-state index in [4.69, 9.17) is 21.1 Å². The van der Waals surface area contributed by atoms with E-state index in [0.717, 1.165) is 28.2 Å². The van der Waals surface area contributed by atoms with Gasteiger partial charge in [0.25, 0.3) is 0 Å². The quantitative estimate of drug-likeness (QED) is 0.340. The molecule has 1 aromatic heterocycles. The van der Waals surface area contributed by atoms with Crippen LogP contribution in [0.4, 0.5) is 0 Å². The van der Waals surface area contributed by atoms with Crippen molar-refractivity contribution < 1.29 is 9.47 Å². The van der Waals surface area contributed by atoms with E-state index in [1.165, 1.54) is 0 Å². The summed E-state index contributed by atoms with van der Waals surface area (Å²) in [6.45, 7) is 0. The van der Waals surface area contributed by atoms with Gasteiger partial charge in [0, 0.05) is 11.1 Å². The van der Waals surface area contributed by atoms with Gasteiger partial charge in [0.15, 0.2) is 0 Å². The monoisotopic (exact) mass is 412 g/mol. The molecule has 0 unspecified atom stereocenters. The number of halogens is 1. The predicted molar refractivity (Wildman–Crippen MR) is 118 cm³/mol. The maximum absolute atomic E-state index is 9.62. The van der Waals surface area contributed by atoms with Crippen LogP contribution in [0.1, 0.15) is 5.56 Å². The molecule has 0 radical (unpaired) electrons. The molecule has 0 atom stereocenters. The van der Waals surface area contributed by atoms with E-state index in [0.29, 0.717) is 17.0 Å². The van der Waals surface area contributed by atoms with Crippen LogP contribution < -0.4 is 9.47 Å². The number of methoxy groups -OCH3 is 1. The summed E-state index contributed by atoms with van der Waals surface area (Å²) in [5.41, 5.74) is 3.47. The van der Waals surface area contributed by atoms with Gasteiger partial charge in [0.05, 0.1) is 18.4 Å². The molecule has 0 saturated heterocycles. The number of rotatable bonds is 5. The summed E-state index contributed by atoms with van der Waals surface area (Å²) < 4.78 is 11.1. The van der Waals surface area contributed by atoms with Crippen LogP contribution in [-0.4, -0.2) is 12.1 Å². The first kappa shape index (κ1) is 19.5. The standard InChI is InChI=1S/C25H17ClN2O2/c1-29-19-11-9-18(10-12-19)24-15-22(23(16-27)25(26)28-24)17-7-13-21(14-8-17)30-20-5-3-2-4-6-20/h2-15H,1H3. The summed E-state index contributed by atoms with van der Waals surface area (Å²) in [5.74, 6) is 2.23. The van der Waals surface area contributed by atoms with Crippen LogP contribution in [0.25, 0.3) is 22.4 Å². The lowest BCUT2D eigenvalue weighted by Gasteiger charge is -2.11. The zero-order chi connectivity index (χ0) is 20.9. The fraction of sp³-hybridized carbons (Fsp3) is 0.0400. The van der Waals surface area contributed by atoms with E-state index in [9.17, 15) is 5.26 Å².